The Morgan fingerprint density at radius 2 is 2.00 bits per heavy atom. The van der Waals surface area contributed by atoms with Crippen molar-refractivity contribution >= 4 is 57.5 Å². The molecule has 0 aliphatic heterocycles. The van der Waals surface area contributed by atoms with E-state index < -0.39 is 0 Å². The summed E-state index contributed by atoms with van der Waals surface area (Å²) in [6.45, 7) is 2.63. The fourth-order valence-electron chi connectivity index (χ4n) is 2.87. The maximum absolute atomic E-state index is 12.3. The van der Waals surface area contributed by atoms with Gasteiger partial charge in [-0.3, -0.25) is 9.36 Å². The Bertz CT molecular complexity index is 1160. The van der Waals surface area contributed by atoms with Gasteiger partial charge in [-0.15, -0.1) is 10.2 Å². The minimum atomic E-state index is -0.213. The summed E-state index contributed by atoms with van der Waals surface area (Å²) >= 11 is 13.4. The Labute approximate surface area is 181 Å². The van der Waals surface area contributed by atoms with Crippen LogP contribution in [0.5, 0.6) is 0 Å². The summed E-state index contributed by atoms with van der Waals surface area (Å²) in [6.07, 6.45) is 0. The van der Waals surface area contributed by atoms with E-state index in [1.807, 2.05) is 41.8 Å². The standard InChI is InChI=1S/C20H16Cl2N4O2S/c1-2-26-19(16-10-12-6-3-4-9-15(12)28-16)24-25-20(26)29-11-17(27)23-14-8-5-7-13(21)18(14)22/h3-10H,2,11H2,1H3,(H,23,27). The minimum absolute atomic E-state index is 0.154. The van der Waals surface area contributed by atoms with Crippen LogP contribution in [0.4, 0.5) is 5.69 Å². The molecule has 0 unspecified atom stereocenters. The summed E-state index contributed by atoms with van der Waals surface area (Å²) in [4.78, 5) is 12.3. The van der Waals surface area contributed by atoms with E-state index >= 15 is 0 Å². The SMILES string of the molecule is CCn1c(SCC(=O)Nc2cccc(Cl)c2Cl)nnc1-c1cc2ccccc2o1. The van der Waals surface area contributed by atoms with Crippen LogP contribution in [0, 0.1) is 0 Å². The molecule has 0 bridgehead atoms. The lowest BCUT2D eigenvalue weighted by Gasteiger charge is -2.08. The summed E-state index contributed by atoms with van der Waals surface area (Å²) < 4.78 is 7.82. The topological polar surface area (TPSA) is 73.0 Å². The Hall–Kier alpha value is -2.48. The van der Waals surface area contributed by atoms with Crippen molar-refractivity contribution < 1.29 is 9.21 Å². The molecule has 1 amide bonds. The molecule has 0 spiro atoms. The van der Waals surface area contributed by atoms with E-state index in [2.05, 4.69) is 15.5 Å². The maximum atomic E-state index is 12.3. The second-order valence-corrected chi connectivity index (χ2v) is 7.86. The van der Waals surface area contributed by atoms with Gasteiger partial charge in [0.2, 0.25) is 11.7 Å². The molecule has 0 atom stereocenters. The largest absolute Gasteiger partial charge is 0.453 e. The molecule has 29 heavy (non-hydrogen) atoms. The lowest BCUT2D eigenvalue weighted by atomic mass is 10.2. The molecular weight excluding hydrogens is 431 g/mol. The molecule has 4 rings (SSSR count). The zero-order valence-corrected chi connectivity index (χ0v) is 17.7. The first kappa shape index (κ1) is 19.8. The van der Waals surface area contributed by atoms with Crippen LogP contribution in [-0.2, 0) is 11.3 Å². The quantitative estimate of drug-likeness (QED) is 0.381. The van der Waals surface area contributed by atoms with Crippen LogP contribution in [-0.4, -0.2) is 26.4 Å². The van der Waals surface area contributed by atoms with Gasteiger partial charge in [0.25, 0.3) is 0 Å². The van der Waals surface area contributed by atoms with Crippen molar-refractivity contribution in [2.24, 2.45) is 0 Å². The van der Waals surface area contributed by atoms with Gasteiger partial charge in [-0.25, -0.2) is 0 Å². The Morgan fingerprint density at radius 1 is 1.17 bits per heavy atom. The number of para-hydroxylation sites is 1. The molecule has 0 aliphatic rings. The molecule has 2 aromatic heterocycles. The number of fused-ring (bicyclic) bond motifs is 1. The minimum Gasteiger partial charge on any atom is -0.453 e. The highest BCUT2D eigenvalue weighted by Crippen LogP contribution is 2.31. The summed E-state index contributed by atoms with van der Waals surface area (Å²) in [5.74, 6) is 1.21. The highest BCUT2D eigenvalue weighted by Gasteiger charge is 2.18. The molecule has 1 N–H and O–H groups in total. The van der Waals surface area contributed by atoms with Gasteiger partial charge in [-0.05, 0) is 31.2 Å². The number of halogens is 2. The first-order valence-electron chi connectivity index (χ1n) is 8.85. The Balaban J connectivity index is 1.49. The van der Waals surface area contributed by atoms with Gasteiger partial charge in [0.15, 0.2) is 10.9 Å². The first-order valence-corrected chi connectivity index (χ1v) is 10.6. The van der Waals surface area contributed by atoms with E-state index in [4.69, 9.17) is 27.6 Å². The lowest BCUT2D eigenvalue weighted by Crippen LogP contribution is -2.15. The van der Waals surface area contributed by atoms with Crippen LogP contribution in [0.1, 0.15) is 6.92 Å². The summed E-state index contributed by atoms with van der Waals surface area (Å²) in [5.41, 5.74) is 1.27. The normalized spacial score (nSPS) is 11.1. The van der Waals surface area contributed by atoms with E-state index in [-0.39, 0.29) is 11.7 Å². The number of anilines is 1. The van der Waals surface area contributed by atoms with Gasteiger partial charge in [0, 0.05) is 11.9 Å². The first-order chi connectivity index (χ1) is 14.1. The average molecular weight is 447 g/mol. The van der Waals surface area contributed by atoms with E-state index in [9.17, 15) is 4.79 Å². The van der Waals surface area contributed by atoms with Crippen LogP contribution >= 0.6 is 35.0 Å². The van der Waals surface area contributed by atoms with Crippen molar-refractivity contribution in [2.45, 2.75) is 18.6 Å². The van der Waals surface area contributed by atoms with Crippen molar-refractivity contribution in [1.29, 1.82) is 0 Å². The van der Waals surface area contributed by atoms with Gasteiger partial charge < -0.3 is 9.73 Å². The van der Waals surface area contributed by atoms with Crippen LogP contribution in [0.25, 0.3) is 22.6 Å². The van der Waals surface area contributed by atoms with Crippen molar-refractivity contribution in [3.63, 3.8) is 0 Å². The van der Waals surface area contributed by atoms with Crippen LogP contribution in [0.2, 0.25) is 10.0 Å². The number of rotatable bonds is 6. The number of carbonyl (C=O) groups excluding carboxylic acids is 1. The second-order valence-electron chi connectivity index (χ2n) is 6.14. The molecule has 4 aromatic rings. The monoisotopic (exact) mass is 446 g/mol. The van der Waals surface area contributed by atoms with Crippen LogP contribution in [0.3, 0.4) is 0 Å². The summed E-state index contributed by atoms with van der Waals surface area (Å²) in [7, 11) is 0. The van der Waals surface area contributed by atoms with Crippen LogP contribution in [0.15, 0.2) is 58.1 Å². The third kappa shape index (κ3) is 4.12. The number of hydrogen-bond acceptors (Lipinski definition) is 5. The van der Waals surface area contributed by atoms with Crippen LogP contribution < -0.4 is 5.32 Å². The van der Waals surface area contributed by atoms with Crippen molar-refractivity contribution in [1.82, 2.24) is 14.8 Å². The second kappa shape index (κ2) is 8.49. The van der Waals surface area contributed by atoms with E-state index in [1.54, 1.807) is 18.2 Å². The van der Waals surface area contributed by atoms with E-state index in [0.717, 1.165) is 11.0 Å². The fourth-order valence-corrected chi connectivity index (χ4v) is 4.02. The number of thioether (sulfide) groups is 1. The number of amides is 1. The van der Waals surface area contributed by atoms with Crippen molar-refractivity contribution in [3.8, 4) is 11.6 Å². The molecule has 2 aromatic carbocycles. The average Bonchev–Trinajstić information content (AvgIpc) is 3.33. The molecule has 9 heteroatoms. The van der Waals surface area contributed by atoms with E-state index in [1.165, 1.54) is 11.8 Å². The number of furan rings is 1. The predicted octanol–water partition coefficient (Wildman–Crippen LogP) is 5.75. The zero-order chi connectivity index (χ0) is 20.4. The smallest absolute Gasteiger partial charge is 0.234 e. The molecule has 0 saturated carbocycles. The molecule has 0 saturated heterocycles. The molecule has 0 fully saturated rings. The molecule has 6 nitrogen and oxygen atoms in total. The zero-order valence-electron chi connectivity index (χ0n) is 15.4. The molecule has 2 heterocycles. The number of nitrogens with one attached hydrogen (secondary N) is 1. The highest BCUT2D eigenvalue weighted by atomic mass is 35.5. The van der Waals surface area contributed by atoms with Gasteiger partial charge in [0.05, 0.1) is 21.5 Å². The number of carbonyl (C=O) groups is 1. The Morgan fingerprint density at radius 3 is 2.79 bits per heavy atom. The molecule has 148 valence electrons. The van der Waals surface area contributed by atoms with Gasteiger partial charge >= 0.3 is 0 Å². The molecular formula is C20H16Cl2N4O2S. The van der Waals surface area contributed by atoms with Gasteiger partial charge in [-0.1, -0.05) is 59.2 Å². The Kier molecular flexibility index (Phi) is 5.80. The third-order valence-corrected chi connectivity index (χ3v) is 6.02. The third-order valence-electron chi connectivity index (χ3n) is 4.24. The van der Waals surface area contributed by atoms with Crippen molar-refractivity contribution in [2.75, 3.05) is 11.1 Å². The predicted molar refractivity (Wildman–Crippen MR) is 117 cm³/mol. The van der Waals surface area contributed by atoms with Gasteiger partial charge in [0.1, 0.15) is 5.58 Å². The highest BCUT2D eigenvalue weighted by molar-refractivity contribution is 7.99. The summed E-state index contributed by atoms with van der Waals surface area (Å²) in [5, 5.41) is 13.6. The lowest BCUT2D eigenvalue weighted by molar-refractivity contribution is -0.113. The number of nitrogens with zero attached hydrogens (tertiary/aromatic N) is 3. The number of hydrogen-bond donors (Lipinski definition) is 1. The number of benzene rings is 2. The summed E-state index contributed by atoms with van der Waals surface area (Å²) in [6, 6.07) is 14.8. The van der Waals surface area contributed by atoms with Crippen molar-refractivity contribution in [3.05, 3.63) is 58.6 Å². The molecule has 0 radical (unpaired) electrons. The van der Waals surface area contributed by atoms with Gasteiger partial charge in [-0.2, -0.15) is 0 Å². The van der Waals surface area contributed by atoms with E-state index in [0.29, 0.717) is 39.0 Å². The number of aromatic nitrogens is 3. The molecule has 0 aliphatic carbocycles. The maximum Gasteiger partial charge on any atom is 0.234 e. The fraction of sp³-hybridized carbons (Fsp3) is 0.150.